The normalized spacial score (nSPS) is 12.3. The number of fused-ring (bicyclic) bond motifs is 17. The molecule has 3 nitrogen and oxygen atoms in total. The molecule has 0 saturated carbocycles. The quantitative estimate of drug-likeness (QED) is 0.173. The van der Waals surface area contributed by atoms with Gasteiger partial charge >= 0.3 is 0 Å². The molecule has 5 heterocycles. The van der Waals surface area contributed by atoms with Crippen LogP contribution in [0.25, 0.3) is 140 Å². The summed E-state index contributed by atoms with van der Waals surface area (Å²) in [5.74, 6) is 0. The van der Waals surface area contributed by atoms with Crippen LogP contribution in [0.4, 0.5) is 0 Å². The van der Waals surface area contributed by atoms with Gasteiger partial charge in [0.1, 0.15) is 11.2 Å². The summed E-state index contributed by atoms with van der Waals surface area (Å²) < 4.78 is 17.4. The molecule has 15 aromatic rings. The Balaban J connectivity index is 0.884. The molecule has 0 fully saturated rings. The molecule has 0 radical (unpaired) electrons. The van der Waals surface area contributed by atoms with Gasteiger partial charge in [-0.15, -0.1) is 22.7 Å². The zero-order chi connectivity index (χ0) is 42.3. The van der Waals surface area contributed by atoms with Crippen molar-refractivity contribution in [2.24, 2.45) is 0 Å². The fourth-order valence-electron chi connectivity index (χ4n) is 10.9. The van der Waals surface area contributed by atoms with E-state index in [2.05, 4.69) is 215 Å². The van der Waals surface area contributed by atoms with Gasteiger partial charge in [-0.05, 0) is 95.1 Å². The molecule has 15 rings (SSSR count). The Morgan fingerprint density at radius 1 is 0.292 bits per heavy atom. The van der Waals surface area contributed by atoms with Crippen molar-refractivity contribution < 1.29 is 4.42 Å². The minimum atomic E-state index is 0.921. The van der Waals surface area contributed by atoms with E-state index in [1.807, 2.05) is 22.7 Å². The fraction of sp³-hybridized carbons (Fsp3) is 0. The van der Waals surface area contributed by atoms with Crippen LogP contribution in [0.1, 0.15) is 0 Å². The molecule has 0 aliphatic heterocycles. The zero-order valence-electron chi connectivity index (χ0n) is 34.7. The zero-order valence-corrected chi connectivity index (χ0v) is 36.4. The van der Waals surface area contributed by atoms with Gasteiger partial charge in [0.25, 0.3) is 0 Å². The Morgan fingerprint density at radius 2 is 0.692 bits per heavy atom. The topological polar surface area (TPSA) is 23.0 Å². The summed E-state index contributed by atoms with van der Waals surface area (Å²) in [5, 5.41) is 12.2. The van der Waals surface area contributed by atoms with Crippen LogP contribution < -0.4 is 0 Å². The molecule has 0 amide bonds. The van der Waals surface area contributed by atoms with Crippen molar-refractivity contribution in [1.29, 1.82) is 0 Å². The van der Waals surface area contributed by atoms with Gasteiger partial charge in [-0.2, -0.15) is 0 Å². The molecule has 0 aliphatic rings. The summed E-state index contributed by atoms with van der Waals surface area (Å²) in [6.45, 7) is 0. The standard InChI is InChI=1S/C60H34N2OS2/c1-5-19-49-47(13-1)55-51(61(49)37-27-23-35(24-28-37)39-15-9-17-45-41-11-3-7-21-53(41)64-59(39)45)33-31-43-44-32-34-52-56(58(44)63-57(43)55)48-14-2-6-20-50(48)62(52)38-29-25-36(26-30-38)40-16-10-18-46-42-12-4-8-22-54(42)65-60(40)46/h1-34H. The summed E-state index contributed by atoms with van der Waals surface area (Å²) in [6, 6.07) is 75.6. The Kier molecular flexibility index (Phi) is 7.26. The number of para-hydroxylation sites is 2. The number of hydrogen-bond donors (Lipinski definition) is 0. The second-order valence-electron chi connectivity index (χ2n) is 17.1. The predicted octanol–water partition coefficient (Wildman–Crippen LogP) is 17.8. The number of hydrogen-bond acceptors (Lipinski definition) is 3. The van der Waals surface area contributed by atoms with E-state index in [4.69, 9.17) is 4.42 Å². The van der Waals surface area contributed by atoms with Gasteiger partial charge < -0.3 is 13.6 Å². The number of benzene rings is 10. The first kappa shape index (κ1) is 35.5. The van der Waals surface area contributed by atoms with E-state index in [1.54, 1.807) is 0 Å². The van der Waals surface area contributed by atoms with E-state index >= 15 is 0 Å². The first-order valence-electron chi connectivity index (χ1n) is 22.1. The molecule has 0 atom stereocenters. The number of rotatable bonds is 4. The van der Waals surface area contributed by atoms with Gasteiger partial charge in [0.15, 0.2) is 0 Å². The molecular weight excluding hydrogens is 829 g/mol. The third-order valence-corrected chi connectivity index (χ3v) is 16.2. The Bertz CT molecular complexity index is 4180. The monoisotopic (exact) mass is 862 g/mol. The summed E-state index contributed by atoms with van der Waals surface area (Å²) >= 11 is 3.75. The predicted molar refractivity (Wildman–Crippen MR) is 279 cm³/mol. The highest BCUT2D eigenvalue weighted by Gasteiger charge is 2.23. The second-order valence-corrected chi connectivity index (χ2v) is 19.2. The van der Waals surface area contributed by atoms with Crippen molar-refractivity contribution in [3.05, 3.63) is 206 Å². The Morgan fingerprint density at radius 3 is 1.15 bits per heavy atom. The summed E-state index contributed by atoms with van der Waals surface area (Å²) in [7, 11) is 0. The lowest BCUT2D eigenvalue weighted by atomic mass is 10.0. The summed E-state index contributed by atoms with van der Waals surface area (Å²) in [6.07, 6.45) is 0. The third-order valence-electron chi connectivity index (χ3n) is 13.8. The number of nitrogens with zero attached hydrogens (tertiary/aromatic N) is 2. The van der Waals surface area contributed by atoms with Crippen LogP contribution in [0.5, 0.6) is 0 Å². The molecule has 5 heteroatoms. The van der Waals surface area contributed by atoms with E-state index < -0.39 is 0 Å². The average molecular weight is 863 g/mol. The Labute approximate surface area is 379 Å². The molecule has 302 valence electrons. The molecule has 0 saturated heterocycles. The smallest absolute Gasteiger partial charge is 0.145 e. The van der Waals surface area contributed by atoms with Gasteiger partial charge in [0.2, 0.25) is 0 Å². The van der Waals surface area contributed by atoms with E-state index in [-0.39, 0.29) is 0 Å². The van der Waals surface area contributed by atoms with Crippen molar-refractivity contribution in [3.63, 3.8) is 0 Å². The molecule has 0 spiro atoms. The van der Waals surface area contributed by atoms with Gasteiger partial charge in [-0.25, -0.2) is 0 Å². The van der Waals surface area contributed by atoms with Crippen molar-refractivity contribution >= 4 is 129 Å². The van der Waals surface area contributed by atoms with Crippen LogP contribution in [0.2, 0.25) is 0 Å². The summed E-state index contributed by atoms with van der Waals surface area (Å²) in [4.78, 5) is 0. The number of thiophene rings is 2. The van der Waals surface area contributed by atoms with Crippen LogP contribution in [-0.2, 0) is 0 Å². The minimum absolute atomic E-state index is 0.921. The van der Waals surface area contributed by atoms with Crippen molar-refractivity contribution in [1.82, 2.24) is 9.13 Å². The molecule has 0 unspecified atom stereocenters. The van der Waals surface area contributed by atoms with Crippen LogP contribution in [0, 0.1) is 0 Å². The van der Waals surface area contributed by atoms with Crippen molar-refractivity contribution in [2.75, 3.05) is 0 Å². The first-order chi connectivity index (χ1) is 32.2. The second kappa shape index (κ2) is 13.3. The minimum Gasteiger partial charge on any atom is -0.455 e. The van der Waals surface area contributed by atoms with Crippen molar-refractivity contribution in [3.8, 4) is 33.6 Å². The molecule has 0 aliphatic carbocycles. The molecule has 10 aromatic carbocycles. The Hall–Kier alpha value is -7.96. The highest BCUT2D eigenvalue weighted by molar-refractivity contribution is 7.26. The van der Waals surface area contributed by atoms with Gasteiger partial charge in [-0.3, -0.25) is 0 Å². The maximum atomic E-state index is 7.25. The van der Waals surface area contributed by atoms with E-state index in [1.165, 1.54) is 73.4 Å². The van der Waals surface area contributed by atoms with Gasteiger partial charge in [0, 0.05) is 73.3 Å². The van der Waals surface area contributed by atoms with E-state index in [0.717, 1.165) is 66.2 Å². The fourth-order valence-corrected chi connectivity index (χ4v) is 13.4. The number of aromatic nitrogens is 2. The lowest BCUT2D eigenvalue weighted by Crippen LogP contribution is -1.93. The van der Waals surface area contributed by atoms with Crippen LogP contribution >= 0.6 is 22.7 Å². The maximum Gasteiger partial charge on any atom is 0.145 e. The highest BCUT2D eigenvalue weighted by Crippen LogP contribution is 2.46. The molecule has 0 N–H and O–H groups in total. The van der Waals surface area contributed by atoms with E-state index in [0.29, 0.717) is 0 Å². The third kappa shape index (κ3) is 4.94. The highest BCUT2D eigenvalue weighted by atomic mass is 32.1. The average Bonchev–Trinajstić information content (AvgIpc) is 4.18. The van der Waals surface area contributed by atoms with Crippen LogP contribution in [0.3, 0.4) is 0 Å². The van der Waals surface area contributed by atoms with Crippen molar-refractivity contribution in [2.45, 2.75) is 0 Å². The van der Waals surface area contributed by atoms with Crippen LogP contribution in [-0.4, -0.2) is 9.13 Å². The first-order valence-corrected chi connectivity index (χ1v) is 23.7. The maximum absolute atomic E-state index is 7.25. The van der Waals surface area contributed by atoms with Gasteiger partial charge in [0.05, 0.1) is 32.8 Å². The molecule has 0 bridgehead atoms. The molecule has 5 aromatic heterocycles. The lowest BCUT2D eigenvalue weighted by Gasteiger charge is -2.10. The van der Waals surface area contributed by atoms with Gasteiger partial charge in [-0.1, -0.05) is 133 Å². The van der Waals surface area contributed by atoms with E-state index in [9.17, 15) is 0 Å². The SMILES string of the molecule is c1ccc2c(c1)sc1c(-c3ccc(-n4c5ccccc5c5c6oc7c(ccc8c7c7ccccc7n8-c7ccc(-c8cccc9c8sc8ccccc89)cc7)c6ccc54)cc3)cccc12. The number of furan rings is 1. The molecular formula is C60H34N2OS2. The molecule has 65 heavy (non-hydrogen) atoms. The lowest BCUT2D eigenvalue weighted by molar-refractivity contribution is 0.677. The summed E-state index contributed by atoms with van der Waals surface area (Å²) in [5.41, 5.74) is 13.6. The largest absolute Gasteiger partial charge is 0.455 e. The van der Waals surface area contributed by atoms with Crippen LogP contribution in [0.15, 0.2) is 211 Å².